The maximum atomic E-state index is 11.8. The second-order valence-corrected chi connectivity index (χ2v) is 5.35. The van der Waals surface area contributed by atoms with Crippen molar-refractivity contribution in [3.8, 4) is 0 Å². The molecule has 1 heterocycles. The smallest absolute Gasteiger partial charge is 0.220 e. The number of carbonyl (C=O) groups excluding carboxylic acids is 1. The van der Waals surface area contributed by atoms with Gasteiger partial charge >= 0.3 is 0 Å². The first-order chi connectivity index (χ1) is 10.7. The van der Waals surface area contributed by atoms with Crippen LogP contribution in [0.1, 0.15) is 35.8 Å². The SMILES string of the molecule is Cc1ccccc1C(O)CNC(=O)CCCc1ccccn1. The van der Waals surface area contributed by atoms with Crippen LogP contribution in [0.25, 0.3) is 0 Å². The predicted octanol–water partition coefficient (Wildman–Crippen LogP) is 2.56. The van der Waals surface area contributed by atoms with E-state index >= 15 is 0 Å². The Morgan fingerprint density at radius 2 is 2.00 bits per heavy atom. The van der Waals surface area contributed by atoms with E-state index in [0.717, 1.165) is 29.7 Å². The van der Waals surface area contributed by atoms with Gasteiger partial charge in [0.25, 0.3) is 0 Å². The molecule has 2 rings (SSSR count). The van der Waals surface area contributed by atoms with Gasteiger partial charge in [0.1, 0.15) is 0 Å². The summed E-state index contributed by atoms with van der Waals surface area (Å²) in [6.07, 6.45) is 3.07. The Labute approximate surface area is 131 Å². The second kappa shape index (κ2) is 8.29. The molecule has 0 radical (unpaired) electrons. The van der Waals surface area contributed by atoms with E-state index in [1.807, 2.05) is 49.4 Å². The van der Waals surface area contributed by atoms with Gasteiger partial charge in [-0.25, -0.2) is 0 Å². The van der Waals surface area contributed by atoms with E-state index < -0.39 is 6.10 Å². The average Bonchev–Trinajstić information content (AvgIpc) is 2.54. The largest absolute Gasteiger partial charge is 0.387 e. The molecule has 0 saturated heterocycles. The number of nitrogens with zero attached hydrogens (tertiary/aromatic N) is 1. The van der Waals surface area contributed by atoms with Gasteiger partial charge in [0.2, 0.25) is 5.91 Å². The molecule has 0 aliphatic heterocycles. The van der Waals surface area contributed by atoms with Crippen molar-refractivity contribution in [2.24, 2.45) is 0 Å². The lowest BCUT2D eigenvalue weighted by Gasteiger charge is -2.14. The Morgan fingerprint density at radius 1 is 1.23 bits per heavy atom. The molecule has 22 heavy (non-hydrogen) atoms. The van der Waals surface area contributed by atoms with Crippen molar-refractivity contribution in [3.63, 3.8) is 0 Å². The van der Waals surface area contributed by atoms with Crippen LogP contribution in [0.15, 0.2) is 48.7 Å². The molecule has 0 aliphatic carbocycles. The minimum atomic E-state index is -0.666. The summed E-state index contributed by atoms with van der Waals surface area (Å²) in [5.74, 6) is -0.0384. The topological polar surface area (TPSA) is 62.2 Å². The first kappa shape index (κ1) is 16.2. The molecule has 0 saturated carbocycles. The van der Waals surface area contributed by atoms with Crippen LogP contribution in [0.5, 0.6) is 0 Å². The highest BCUT2D eigenvalue weighted by atomic mass is 16.3. The molecule has 0 spiro atoms. The van der Waals surface area contributed by atoms with Gasteiger partial charge in [-0.1, -0.05) is 30.3 Å². The first-order valence-corrected chi connectivity index (χ1v) is 7.57. The van der Waals surface area contributed by atoms with Crippen LogP contribution in [0, 0.1) is 6.92 Å². The molecule has 1 atom stereocenters. The summed E-state index contributed by atoms with van der Waals surface area (Å²) < 4.78 is 0. The molecule has 0 bridgehead atoms. The number of aliphatic hydroxyl groups excluding tert-OH is 1. The summed E-state index contributed by atoms with van der Waals surface area (Å²) >= 11 is 0. The number of amides is 1. The van der Waals surface area contributed by atoms with Gasteiger partial charge in [-0.15, -0.1) is 0 Å². The van der Waals surface area contributed by atoms with Crippen molar-refractivity contribution in [1.29, 1.82) is 0 Å². The molecular weight excluding hydrogens is 276 g/mol. The molecule has 1 aromatic carbocycles. The van der Waals surface area contributed by atoms with Gasteiger partial charge in [-0.05, 0) is 43.0 Å². The highest BCUT2D eigenvalue weighted by Crippen LogP contribution is 2.16. The van der Waals surface area contributed by atoms with Gasteiger partial charge in [0, 0.05) is 24.9 Å². The fourth-order valence-electron chi connectivity index (χ4n) is 2.35. The predicted molar refractivity (Wildman–Crippen MR) is 86.3 cm³/mol. The van der Waals surface area contributed by atoms with Gasteiger partial charge in [0.05, 0.1) is 6.10 Å². The molecule has 1 unspecified atom stereocenters. The zero-order chi connectivity index (χ0) is 15.8. The summed E-state index contributed by atoms with van der Waals surface area (Å²) in [5.41, 5.74) is 2.88. The normalized spacial score (nSPS) is 11.9. The molecule has 4 nitrogen and oxygen atoms in total. The molecule has 0 aliphatic rings. The molecule has 4 heteroatoms. The van der Waals surface area contributed by atoms with E-state index in [4.69, 9.17) is 0 Å². The van der Waals surface area contributed by atoms with Gasteiger partial charge in [0.15, 0.2) is 0 Å². The zero-order valence-corrected chi connectivity index (χ0v) is 12.8. The summed E-state index contributed by atoms with van der Waals surface area (Å²) in [6, 6.07) is 13.4. The highest BCUT2D eigenvalue weighted by molar-refractivity contribution is 5.75. The van der Waals surface area contributed by atoms with E-state index in [0.29, 0.717) is 6.42 Å². The number of rotatable bonds is 7. The maximum Gasteiger partial charge on any atom is 0.220 e. The van der Waals surface area contributed by atoms with Crippen LogP contribution in [0.3, 0.4) is 0 Å². The van der Waals surface area contributed by atoms with E-state index in [1.54, 1.807) is 6.20 Å². The van der Waals surface area contributed by atoms with Crippen molar-refractivity contribution in [2.45, 2.75) is 32.3 Å². The Bertz CT molecular complexity index is 599. The molecule has 0 fully saturated rings. The van der Waals surface area contributed by atoms with Crippen molar-refractivity contribution in [1.82, 2.24) is 10.3 Å². The number of hydrogen-bond donors (Lipinski definition) is 2. The van der Waals surface area contributed by atoms with Crippen LogP contribution >= 0.6 is 0 Å². The molecule has 1 amide bonds. The van der Waals surface area contributed by atoms with Crippen LogP contribution in [-0.2, 0) is 11.2 Å². The lowest BCUT2D eigenvalue weighted by Crippen LogP contribution is -2.28. The number of pyridine rings is 1. The van der Waals surface area contributed by atoms with Gasteiger partial charge < -0.3 is 10.4 Å². The lowest BCUT2D eigenvalue weighted by atomic mass is 10.0. The fourth-order valence-corrected chi connectivity index (χ4v) is 2.35. The van der Waals surface area contributed by atoms with Gasteiger partial charge in [-0.3, -0.25) is 9.78 Å². The van der Waals surface area contributed by atoms with Crippen LogP contribution in [0.2, 0.25) is 0 Å². The van der Waals surface area contributed by atoms with Crippen molar-refractivity contribution < 1.29 is 9.90 Å². The quantitative estimate of drug-likeness (QED) is 0.826. The minimum Gasteiger partial charge on any atom is -0.387 e. The minimum absolute atomic E-state index is 0.0384. The van der Waals surface area contributed by atoms with Crippen LogP contribution < -0.4 is 5.32 Å². The monoisotopic (exact) mass is 298 g/mol. The molecule has 116 valence electrons. The van der Waals surface area contributed by atoms with Crippen molar-refractivity contribution in [3.05, 3.63) is 65.5 Å². The molecule has 2 N–H and O–H groups in total. The zero-order valence-electron chi connectivity index (χ0n) is 12.8. The standard InChI is InChI=1S/C18H22N2O2/c1-14-7-2-3-10-16(14)17(21)13-20-18(22)11-6-9-15-8-4-5-12-19-15/h2-5,7-8,10,12,17,21H,6,9,11,13H2,1H3,(H,20,22). The van der Waals surface area contributed by atoms with E-state index in [1.165, 1.54) is 0 Å². The molecular formula is C18H22N2O2. The number of aryl methyl sites for hydroxylation is 2. The number of aliphatic hydroxyl groups is 1. The summed E-state index contributed by atoms with van der Waals surface area (Å²) in [7, 11) is 0. The Kier molecular flexibility index (Phi) is 6.10. The Balaban J connectivity index is 1.70. The van der Waals surface area contributed by atoms with E-state index in [-0.39, 0.29) is 12.5 Å². The van der Waals surface area contributed by atoms with E-state index in [2.05, 4.69) is 10.3 Å². The first-order valence-electron chi connectivity index (χ1n) is 7.57. The Morgan fingerprint density at radius 3 is 2.73 bits per heavy atom. The third-order valence-electron chi connectivity index (χ3n) is 3.60. The van der Waals surface area contributed by atoms with Crippen LogP contribution in [0.4, 0.5) is 0 Å². The summed E-state index contributed by atoms with van der Waals surface area (Å²) in [5, 5.41) is 12.9. The number of nitrogens with one attached hydrogen (secondary N) is 1. The Hall–Kier alpha value is -2.20. The van der Waals surface area contributed by atoms with Crippen molar-refractivity contribution >= 4 is 5.91 Å². The van der Waals surface area contributed by atoms with E-state index in [9.17, 15) is 9.90 Å². The number of benzene rings is 1. The van der Waals surface area contributed by atoms with Gasteiger partial charge in [-0.2, -0.15) is 0 Å². The van der Waals surface area contributed by atoms with Crippen molar-refractivity contribution in [2.75, 3.05) is 6.54 Å². The third kappa shape index (κ3) is 4.97. The number of carbonyl (C=O) groups is 1. The number of aromatic nitrogens is 1. The lowest BCUT2D eigenvalue weighted by molar-refractivity contribution is -0.121. The summed E-state index contributed by atoms with van der Waals surface area (Å²) in [4.78, 5) is 16.0. The fraction of sp³-hybridized carbons (Fsp3) is 0.333. The summed E-state index contributed by atoms with van der Waals surface area (Å²) in [6.45, 7) is 2.19. The highest BCUT2D eigenvalue weighted by Gasteiger charge is 2.11. The molecule has 1 aromatic heterocycles. The second-order valence-electron chi connectivity index (χ2n) is 5.35. The third-order valence-corrected chi connectivity index (χ3v) is 3.60. The maximum absolute atomic E-state index is 11.8. The number of hydrogen-bond acceptors (Lipinski definition) is 3. The molecule has 2 aromatic rings. The van der Waals surface area contributed by atoms with Crippen LogP contribution in [-0.4, -0.2) is 22.5 Å². The average molecular weight is 298 g/mol.